The molecule has 2 aromatic heterocycles. The number of carboxylic acids is 1. The van der Waals surface area contributed by atoms with E-state index in [4.69, 9.17) is 0 Å². The molecule has 1 unspecified atom stereocenters. The number of aryl methyl sites for hydroxylation is 2. The Hall–Kier alpha value is -5.01. The highest BCUT2D eigenvalue weighted by atomic mass is 32.2. The van der Waals surface area contributed by atoms with E-state index in [1.165, 1.54) is 12.1 Å². The van der Waals surface area contributed by atoms with Gasteiger partial charge in [0, 0.05) is 43.5 Å². The number of hydrogen-bond acceptors (Lipinski definition) is 7. The van der Waals surface area contributed by atoms with Gasteiger partial charge in [0.05, 0.1) is 16.1 Å². The van der Waals surface area contributed by atoms with Crippen LogP contribution in [0.5, 0.6) is 0 Å². The van der Waals surface area contributed by atoms with Crippen molar-refractivity contribution in [2.75, 3.05) is 18.4 Å². The Morgan fingerprint density at radius 1 is 1.02 bits per heavy atom. The normalized spacial score (nSPS) is 12.2. The molecule has 1 amide bonds. The number of carbonyl (C=O) groups excluding carboxylic acids is 1. The maximum Gasteiger partial charge on any atom is 0.323 e. The fourth-order valence-corrected chi connectivity index (χ4v) is 5.86. The molecule has 5 N–H and O–H groups in total. The quantitative estimate of drug-likeness (QED) is 0.128. The third kappa shape index (κ3) is 7.08. The van der Waals surface area contributed by atoms with Crippen molar-refractivity contribution in [1.82, 2.24) is 29.8 Å². The summed E-state index contributed by atoms with van der Waals surface area (Å²) in [7, 11) is -2.39. The highest BCUT2D eigenvalue weighted by Gasteiger charge is 2.26. The molecule has 43 heavy (non-hydrogen) atoms. The van der Waals surface area contributed by atoms with E-state index in [1.54, 1.807) is 48.4 Å². The summed E-state index contributed by atoms with van der Waals surface area (Å²) in [6, 6.07) is 19.1. The van der Waals surface area contributed by atoms with Gasteiger partial charge in [-0.05, 0) is 48.2 Å². The summed E-state index contributed by atoms with van der Waals surface area (Å²) in [6.07, 6.45) is 4.95. The summed E-state index contributed by atoms with van der Waals surface area (Å²) in [5, 5.41) is 20.9. The molecule has 0 saturated carbocycles. The number of aromatic nitrogens is 4. The number of sulfonamides is 1. The van der Waals surface area contributed by atoms with Crippen LogP contribution in [0.2, 0.25) is 0 Å². The molecule has 13 heteroatoms. The molecule has 5 rings (SSSR count). The molecule has 5 aromatic rings. The fourth-order valence-electron chi connectivity index (χ4n) is 4.67. The third-order valence-corrected chi connectivity index (χ3v) is 8.39. The van der Waals surface area contributed by atoms with Gasteiger partial charge >= 0.3 is 5.97 Å². The Morgan fingerprint density at radius 3 is 2.47 bits per heavy atom. The molecule has 12 nitrogen and oxygen atoms in total. The van der Waals surface area contributed by atoms with Crippen molar-refractivity contribution in [3.05, 3.63) is 96.4 Å². The molecule has 0 bridgehead atoms. The van der Waals surface area contributed by atoms with Crippen molar-refractivity contribution < 1.29 is 23.1 Å². The highest BCUT2D eigenvalue weighted by Crippen LogP contribution is 2.22. The molecular formula is C30H31N7O5S. The molecular weight excluding hydrogens is 570 g/mol. The number of amides is 1. The molecule has 1 atom stereocenters. The number of carboxylic acid groups (broad SMARTS) is 1. The van der Waals surface area contributed by atoms with Gasteiger partial charge in [0.25, 0.3) is 5.91 Å². The molecule has 0 spiro atoms. The monoisotopic (exact) mass is 601 g/mol. The van der Waals surface area contributed by atoms with Gasteiger partial charge in [-0.1, -0.05) is 48.5 Å². The first-order chi connectivity index (χ1) is 20.7. The summed E-state index contributed by atoms with van der Waals surface area (Å²) in [5.41, 5.74) is 3.68. The lowest BCUT2D eigenvalue weighted by atomic mass is 10.1. The summed E-state index contributed by atoms with van der Waals surface area (Å²) in [6.45, 7) is 0.256. The van der Waals surface area contributed by atoms with Crippen molar-refractivity contribution in [1.29, 1.82) is 0 Å². The largest absolute Gasteiger partial charge is 0.480 e. The molecule has 0 aliphatic rings. The van der Waals surface area contributed by atoms with Crippen LogP contribution in [0.25, 0.3) is 22.0 Å². The maximum atomic E-state index is 12.9. The van der Waals surface area contributed by atoms with Crippen LogP contribution in [0.1, 0.15) is 22.5 Å². The first kappa shape index (κ1) is 29.5. The van der Waals surface area contributed by atoms with Crippen LogP contribution in [0, 0.1) is 0 Å². The zero-order chi connectivity index (χ0) is 30.4. The average Bonchev–Trinajstić information content (AvgIpc) is 3.65. The minimum absolute atomic E-state index is 0.0843. The number of hydrogen-bond donors (Lipinski definition) is 5. The first-order valence-corrected chi connectivity index (χ1v) is 15.1. The van der Waals surface area contributed by atoms with E-state index < -0.39 is 34.5 Å². The average molecular weight is 602 g/mol. The molecule has 0 aliphatic heterocycles. The number of fused-ring (bicyclic) bond motifs is 1. The number of anilines is 1. The number of H-pyrrole nitrogens is 1. The van der Waals surface area contributed by atoms with Crippen molar-refractivity contribution in [3.8, 4) is 11.1 Å². The summed E-state index contributed by atoms with van der Waals surface area (Å²) >= 11 is 0. The van der Waals surface area contributed by atoms with Crippen LogP contribution >= 0.6 is 0 Å². The van der Waals surface area contributed by atoms with Crippen molar-refractivity contribution in [3.63, 3.8) is 0 Å². The Bertz CT molecular complexity index is 1820. The van der Waals surface area contributed by atoms with Crippen LogP contribution in [0.3, 0.4) is 0 Å². The van der Waals surface area contributed by atoms with Gasteiger partial charge in [-0.25, -0.2) is 13.4 Å². The molecule has 3 aromatic carbocycles. The molecule has 0 fully saturated rings. The second-order valence-electron chi connectivity index (χ2n) is 9.88. The Labute approximate surface area is 248 Å². The van der Waals surface area contributed by atoms with Crippen molar-refractivity contribution in [2.45, 2.75) is 23.8 Å². The Kier molecular flexibility index (Phi) is 8.83. The summed E-state index contributed by atoms with van der Waals surface area (Å²) < 4.78 is 29.8. The standard InChI is InChI=1S/C30H31N7O5S/c1-37-27-18-22(11-14-24(27)25(35-37)8-5-15-31-30-32-16-17-33-30)28(38)34-19-26(29(39)40)36-43(41,42)23-12-9-21(10-13-23)20-6-3-2-4-7-20/h2-4,6-7,9-14,16-18,26,36H,5,8,15,19H2,1H3,(H,34,38)(H,39,40)(H2,31,32,33). The predicted molar refractivity (Wildman–Crippen MR) is 162 cm³/mol. The van der Waals surface area contributed by atoms with Crippen LogP contribution < -0.4 is 15.4 Å². The molecule has 0 radical (unpaired) electrons. The minimum Gasteiger partial charge on any atom is -0.480 e. The van der Waals surface area contributed by atoms with Gasteiger partial charge in [0.2, 0.25) is 10.0 Å². The lowest BCUT2D eigenvalue weighted by molar-refractivity contribution is -0.138. The van der Waals surface area contributed by atoms with E-state index in [1.807, 2.05) is 36.4 Å². The van der Waals surface area contributed by atoms with E-state index in [2.05, 4.69) is 30.4 Å². The lowest BCUT2D eigenvalue weighted by Crippen LogP contribution is -2.48. The second-order valence-corrected chi connectivity index (χ2v) is 11.6. The second kappa shape index (κ2) is 12.9. The van der Waals surface area contributed by atoms with E-state index >= 15 is 0 Å². The van der Waals surface area contributed by atoms with E-state index in [9.17, 15) is 23.1 Å². The summed E-state index contributed by atoms with van der Waals surface area (Å²) in [4.78, 5) is 31.9. The highest BCUT2D eigenvalue weighted by molar-refractivity contribution is 7.89. The Balaban J connectivity index is 1.20. The van der Waals surface area contributed by atoms with E-state index in [-0.39, 0.29) is 4.90 Å². The van der Waals surface area contributed by atoms with Crippen LogP contribution in [0.4, 0.5) is 5.95 Å². The molecule has 222 valence electrons. The number of nitrogens with zero attached hydrogens (tertiary/aromatic N) is 3. The molecule has 2 heterocycles. The number of carbonyl (C=O) groups is 2. The number of benzene rings is 3. The van der Waals surface area contributed by atoms with Gasteiger partial charge < -0.3 is 20.7 Å². The fraction of sp³-hybridized carbons (Fsp3) is 0.200. The van der Waals surface area contributed by atoms with Crippen molar-refractivity contribution in [2.24, 2.45) is 7.05 Å². The number of imidazole rings is 1. The zero-order valence-corrected chi connectivity index (χ0v) is 24.1. The van der Waals surface area contributed by atoms with E-state index in [0.29, 0.717) is 24.5 Å². The van der Waals surface area contributed by atoms with Crippen LogP contribution in [-0.2, 0) is 28.3 Å². The maximum absolute atomic E-state index is 12.9. The SMILES string of the molecule is Cn1nc(CCCNc2ncc[nH]2)c2ccc(C(=O)NCC(NS(=O)(=O)c3ccc(-c4ccccc4)cc3)C(=O)O)cc21. The van der Waals surface area contributed by atoms with Gasteiger partial charge in [-0.2, -0.15) is 9.82 Å². The smallest absolute Gasteiger partial charge is 0.323 e. The summed E-state index contributed by atoms with van der Waals surface area (Å²) in [5.74, 6) is -1.25. The molecule has 0 saturated heterocycles. The Morgan fingerprint density at radius 2 is 1.77 bits per heavy atom. The van der Waals surface area contributed by atoms with E-state index in [0.717, 1.165) is 34.1 Å². The first-order valence-electron chi connectivity index (χ1n) is 13.6. The van der Waals surface area contributed by atoms with Crippen LogP contribution in [0.15, 0.2) is 90.1 Å². The third-order valence-electron chi connectivity index (χ3n) is 6.91. The number of aliphatic carboxylic acids is 1. The predicted octanol–water partition coefficient (Wildman–Crippen LogP) is 3.17. The number of nitrogens with one attached hydrogen (secondary N) is 4. The van der Waals surface area contributed by atoms with Gasteiger partial charge in [-0.3, -0.25) is 14.3 Å². The van der Waals surface area contributed by atoms with Crippen molar-refractivity contribution >= 4 is 38.8 Å². The minimum atomic E-state index is -4.17. The van der Waals surface area contributed by atoms with Crippen LogP contribution in [-0.4, -0.2) is 64.3 Å². The number of aromatic amines is 1. The van der Waals surface area contributed by atoms with Gasteiger partial charge in [-0.15, -0.1) is 0 Å². The number of rotatable bonds is 13. The molecule has 0 aliphatic carbocycles. The topological polar surface area (TPSA) is 171 Å². The lowest BCUT2D eigenvalue weighted by Gasteiger charge is -2.16. The van der Waals surface area contributed by atoms with Gasteiger partial charge in [0.1, 0.15) is 6.04 Å². The zero-order valence-electron chi connectivity index (χ0n) is 23.3. The van der Waals surface area contributed by atoms with Gasteiger partial charge in [0.15, 0.2) is 5.95 Å².